The lowest BCUT2D eigenvalue weighted by Crippen LogP contribution is -2.18. The van der Waals surface area contributed by atoms with Crippen molar-refractivity contribution < 1.29 is 42.4 Å². The number of benzene rings is 2. The van der Waals surface area contributed by atoms with E-state index in [1.165, 1.54) is 19.2 Å². The second-order valence-corrected chi connectivity index (χ2v) is 8.76. The van der Waals surface area contributed by atoms with E-state index in [9.17, 15) is 23.1 Å². The largest absolute Gasteiger partial charge is 0.495 e. The van der Waals surface area contributed by atoms with Crippen LogP contribution in [0.5, 0.6) is 11.5 Å². The van der Waals surface area contributed by atoms with Crippen LogP contribution >= 0.6 is 23.2 Å². The molecule has 1 aliphatic heterocycles. The second-order valence-electron chi connectivity index (χ2n) is 7.95. The van der Waals surface area contributed by atoms with Crippen molar-refractivity contribution in [1.29, 1.82) is 0 Å². The third-order valence-corrected chi connectivity index (χ3v) is 6.14. The van der Waals surface area contributed by atoms with Crippen molar-refractivity contribution in [2.75, 3.05) is 20.3 Å². The van der Waals surface area contributed by atoms with Crippen LogP contribution in [0, 0.1) is 0 Å². The van der Waals surface area contributed by atoms with E-state index in [0.717, 1.165) is 0 Å². The van der Waals surface area contributed by atoms with E-state index in [4.69, 9.17) is 42.5 Å². The number of carbonyl (C=O) groups is 1. The molecular formula is C23H20Cl2F3N3O6. The fourth-order valence-corrected chi connectivity index (χ4v) is 4.54. The maximum absolute atomic E-state index is 14.1. The number of aliphatic hydroxyl groups is 1. The van der Waals surface area contributed by atoms with E-state index >= 15 is 0 Å². The molecule has 1 aliphatic rings. The number of ether oxygens (including phenoxy) is 3. The lowest BCUT2D eigenvalue weighted by Gasteiger charge is -2.24. The van der Waals surface area contributed by atoms with Crippen LogP contribution in [0.4, 0.5) is 13.2 Å². The molecule has 0 spiro atoms. The lowest BCUT2D eigenvalue weighted by molar-refractivity contribution is -0.146. The Morgan fingerprint density at radius 3 is 2.59 bits per heavy atom. The first-order valence-electron chi connectivity index (χ1n) is 10.9. The molecule has 0 saturated carbocycles. The van der Waals surface area contributed by atoms with Gasteiger partial charge in [0.05, 0.1) is 30.8 Å². The molecular weight excluding hydrogens is 542 g/mol. The van der Waals surface area contributed by atoms with Crippen molar-refractivity contribution >= 4 is 29.2 Å². The normalized spacial score (nSPS) is 17.1. The highest BCUT2D eigenvalue weighted by Crippen LogP contribution is 2.49. The molecule has 0 radical (unpaired) electrons. The minimum Gasteiger partial charge on any atom is -0.495 e. The van der Waals surface area contributed by atoms with Crippen LogP contribution in [-0.4, -0.2) is 51.3 Å². The molecule has 4 rings (SSSR count). The SMILES string of the molecule is COc1cccc([C@@H]2O[C@@H](CC(=O)O)c3nnc(C(F)(F)F)n3-c3c(OCCCO)cc(Cl)cc32)c1Cl. The number of halogens is 5. The lowest BCUT2D eigenvalue weighted by atomic mass is 9.98. The number of hydrogen-bond acceptors (Lipinski definition) is 7. The van der Waals surface area contributed by atoms with E-state index in [2.05, 4.69) is 10.2 Å². The summed E-state index contributed by atoms with van der Waals surface area (Å²) in [4.78, 5) is 11.7. The molecule has 0 bridgehead atoms. The first-order valence-corrected chi connectivity index (χ1v) is 11.6. The number of carboxylic acids is 1. The van der Waals surface area contributed by atoms with Gasteiger partial charge in [0.2, 0.25) is 5.82 Å². The van der Waals surface area contributed by atoms with Crippen molar-refractivity contribution in [2.24, 2.45) is 0 Å². The number of nitrogens with zero attached hydrogens (tertiary/aromatic N) is 3. The minimum atomic E-state index is -4.97. The van der Waals surface area contributed by atoms with E-state index in [-0.39, 0.29) is 58.0 Å². The fourth-order valence-electron chi connectivity index (χ4n) is 4.02. The molecule has 2 heterocycles. The Bertz CT molecular complexity index is 1320. The molecule has 1 aromatic heterocycles. The summed E-state index contributed by atoms with van der Waals surface area (Å²) in [7, 11) is 1.39. The number of rotatable bonds is 8. The molecule has 2 atom stereocenters. The van der Waals surface area contributed by atoms with Crippen LogP contribution in [0.25, 0.3) is 5.69 Å². The summed E-state index contributed by atoms with van der Waals surface area (Å²) < 4.78 is 60.2. The van der Waals surface area contributed by atoms with Gasteiger partial charge < -0.3 is 24.4 Å². The highest BCUT2D eigenvalue weighted by molar-refractivity contribution is 6.33. The fraction of sp³-hybridized carbons (Fsp3) is 0.348. The zero-order chi connectivity index (χ0) is 26.9. The van der Waals surface area contributed by atoms with Crippen LogP contribution in [0.15, 0.2) is 30.3 Å². The summed E-state index contributed by atoms with van der Waals surface area (Å²) >= 11 is 12.9. The van der Waals surface area contributed by atoms with Crippen molar-refractivity contribution in [3.8, 4) is 17.2 Å². The standard InChI is InChI=1S/C23H20Cl2F3N3O6/c1-35-14-5-2-4-12(18(14)25)20-13-8-11(24)9-15(36-7-3-6-32)19(13)31-21(16(37-20)10-17(33)34)29-30-22(31)23(26,27)28/h2,4-5,8-9,16,20,32H,3,6-7,10H2,1H3,(H,33,34)/t16-,20-/m0/s1. The third-order valence-electron chi connectivity index (χ3n) is 5.52. The van der Waals surface area contributed by atoms with Crippen molar-refractivity contribution in [3.63, 3.8) is 0 Å². The zero-order valence-corrected chi connectivity index (χ0v) is 20.6. The first-order chi connectivity index (χ1) is 17.6. The van der Waals surface area contributed by atoms with Crippen LogP contribution in [0.3, 0.4) is 0 Å². The summed E-state index contributed by atoms with van der Waals surface area (Å²) in [6, 6.07) is 7.44. The van der Waals surface area contributed by atoms with Gasteiger partial charge in [-0.15, -0.1) is 10.2 Å². The number of aromatic nitrogens is 3. The topological polar surface area (TPSA) is 116 Å². The molecule has 0 unspecified atom stereocenters. The number of hydrogen-bond donors (Lipinski definition) is 2. The predicted molar refractivity (Wildman–Crippen MR) is 124 cm³/mol. The maximum Gasteiger partial charge on any atom is 0.452 e. The summed E-state index contributed by atoms with van der Waals surface area (Å²) in [6.07, 6.45) is -8.18. The Kier molecular flexibility index (Phi) is 7.83. The van der Waals surface area contributed by atoms with Gasteiger partial charge in [-0.2, -0.15) is 13.2 Å². The van der Waals surface area contributed by atoms with Crippen molar-refractivity contribution in [1.82, 2.24) is 14.8 Å². The highest BCUT2D eigenvalue weighted by atomic mass is 35.5. The third kappa shape index (κ3) is 5.33. The van der Waals surface area contributed by atoms with Crippen molar-refractivity contribution in [3.05, 3.63) is 63.2 Å². The quantitative estimate of drug-likeness (QED) is 0.369. The number of methoxy groups -OCH3 is 1. The van der Waals surface area contributed by atoms with E-state index in [1.807, 2.05) is 0 Å². The number of aliphatic hydroxyl groups excluding tert-OH is 1. The summed E-state index contributed by atoms with van der Waals surface area (Å²) in [5.74, 6) is -2.96. The van der Waals surface area contributed by atoms with Gasteiger partial charge in [-0.3, -0.25) is 9.36 Å². The monoisotopic (exact) mass is 561 g/mol. The number of alkyl halides is 3. The molecule has 0 aliphatic carbocycles. The molecule has 2 N–H and O–H groups in total. The van der Waals surface area contributed by atoms with E-state index in [0.29, 0.717) is 4.57 Å². The first kappa shape index (κ1) is 27.0. The van der Waals surface area contributed by atoms with E-state index in [1.54, 1.807) is 18.2 Å². The molecule has 0 saturated heterocycles. The Hall–Kier alpha value is -3.06. The van der Waals surface area contributed by atoms with Gasteiger partial charge >= 0.3 is 12.1 Å². The maximum atomic E-state index is 14.1. The molecule has 2 aromatic carbocycles. The zero-order valence-electron chi connectivity index (χ0n) is 19.1. The molecule has 9 nitrogen and oxygen atoms in total. The van der Waals surface area contributed by atoms with Gasteiger partial charge in [-0.1, -0.05) is 35.3 Å². The van der Waals surface area contributed by atoms with Crippen molar-refractivity contribution in [2.45, 2.75) is 31.2 Å². The van der Waals surface area contributed by atoms with E-state index < -0.39 is 42.4 Å². The number of fused-ring (bicyclic) bond motifs is 3. The average Bonchev–Trinajstić information content (AvgIpc) is 3.22. The Labute approximate surface area is 218 Å². The molecule has 3 aromatic rings. The second kappa shape index (κ2) is 10.7. The summed E-state index contributed by atoms with van der Waals surface area (Å²) in [5, 5.41) is 25.9. The van der Waals surface area contributed by atoms with Crippen LogP contribution in [0.1, 0.15) is 47.8 Å². The van der Waals surface area contributed by atoms with Crippen LogP contribution in [0.2, 0.25) is 10.0 Å². The van der Waals surface area contributed by atoms with Gasteiger partial charge in [-0.25, -0.2) is 0 Å². The van der Waals surface area contributed by atoms with Crippen LogP contribution in [-0.2, 0) is 15.7 Å². The van der Waals surface area contributed by atoms with Crippen LogP contribution < -0.4 is 9.47 Å². The number of carboxylic acid groups (broad SMARTS) is 1. The molecule has 0 amide bonds. The van der Waals surface area contributed by atoms with Gasteiger partial charge in [0.25, 0.3) is 0 Å². The molecule has 37 heavy (non-hydrogen) atoms. The van der Waals surface area contributed by atoms with Gasteiger partial charge in [0.15, 0.2) is 5.82 Å². The van der Waals surface area contributed by atoms with Gasteiger partial charge in [0, 0.05) is 35.2 Å². The van der Waals surface area contributed by atoms with Gasteiger partial charge in [-0.05, 0) is 12.1 Å². The Balaban J connectivity index is 2.07. The average molecular weight is 562 g/mol. The van der Waals surface area contributed by atoms with Gasteiger partial charge in [0.1, 0.15) is 23.7 Å². The minimum absolute atomic E-state index is 0.0495. The summed E-state index contributed by atoms with van der Waals surface area (Å²) in [6.45, 7) is -0.271. The smallest absolute Gasteiger partial charge is 0.452 e. The molecule has 0 fully saturated rings. The summed E-state index contributed by atoms with van der Waals surface area (Å²) in [5.41, 5.74) is 0.237. The number of aliphatic carboxylic acids is 1. The Morgan fingerprint density at radius 1 is 1.19 bits per heavy atom. The Morgan fingerprint density at radius 2 is 1.95 bits per heavy atom. The predicted octanol–water partition coefficient (Wildman–Crippen LogP) is 5.00. The highest BCUT2D eigenvalue weighted by Gasteiger charge is 2.44. The molecule has 14 heteroatoms. The molecule has 198 valence electrons.